The Hall–Kier alpha value is -1.97. The van der Waals surface area contributed by atoms with Crippen molar-refractivity contribution in [3.63, 3.8) is 0 Å². The first kappa shape index (κ1) is 10.5. The maximum atomic E-state index is 4.13. The van der Waals surface area contributed by atoms with E-state index in [0.29, 0.717) is 5.95 Å². The summed E-state index contributed by atoms with van der Waals surface area (Å²) in [6, 6.07) is 8.05. The normalized spacial score (nSPS) is 11.1. The van der Waals surface area contributed by atoms with Gasteiger partial charge in [0.05, 0.1) is 5.69 Å². The van der Waals surface area contributed by atoms with E-state index in [1.54, 1.807) is 6.20 Å². The highest BCUT2D eigenvalue weighted by Crippen LogP contribution is 2.16. The fourth-order valence-corrected chi connectivity index (χ4v) is 1.35. The van der Waals surface area contributed by atoms with Crippen LogP contribution in [0, 0.1) is 0 Å². The van der Waals surface area contributed by atoms with Crippen molar-refractivity contribution in [1.29, 1.82) is 0 Å². The van der Waals surface area contributed by atoms with Crippen molar-refractivity contribution in [2.45, 2.75) is 13.3 Å². The van der Waals surface area contributed by atoms with Gasteiger partial charge in [-0.15, -0.1) is 10.2 Å². The van der Waals surface area contributed by atoms with Gasteiger partial charge in [0, 0.05) is 19.4 Å². The van der Waals surface area contributed by atoms with Crippen LogP contribution in [-0.4, -0.2) is 9.55 Å². The quantitative estimate of drug-likeness (QED) is 0.722. The van der Waals surface area contributed by atoms with Crippen LogP contribution in [0.2, 0.25) is 0 Å². The number of hydrogen-bond donors (Lipinski definition) is 0. The van der Waals surface area contributed by atoms with Crippen molar-refractivity contribution in [1.82, 2.24) is 9.55 Å². The number of rotatable bonds is 3. The topological polar surface area (TPSA) is 42.5 Å². The van der Waals surface area contributed by atoms with Crippen molar-refractivity contribution >= 4 is 11.6 Å². The number of aryl methyl sites for hydroxylation is 2. The third-order valence-electron chi connectivity index (χ3n) is 2.40. The smallest absolute Gasteiger partial charge is 0.249 e. The van der Waals surface area contributed by atoms with Gasteiger partial charge >= 0.3 is 0 Å². The zero-order chi connectivity index (χ0) is 11.4. The molecule has 0 N–H and O–H groups in total. The molecule has 0 atom stereocenters. The molecule has 1 aromatic carbocycles. The van der Waals surface area contributed by atoms with E-state index in [4.69, 9.17) is 0 Å². The minimum absolute atomic E-state index is 0.611. The molecule has 82 valence electrons. The fourth-order valence-electron chi connectivity index (χ4n) is 1.35. The Kier molecular flexibility index (Phi) is 3.10. The van der Waals surface area contributed by atoms with Gasteiger partial charge in [0.25, 0.3) is 0 Å². The molecule has 2 rings (SSSR count). The summed E-state index contributed by atoms with van der Waals surface area (Å²) in [5.74, 6) is 0.611. The molecule has 4 nitrogen and oxygen atoms in total. The van der Waals surface area contributed by atoms with Gasteiger partial charge in [-0.3, -0.25) is 0 Å². The minimum atomic E-state index is 0.611. The standard InChI is InChI=1S/C12H14N4/c1-3-10-4-6-11(7-5-10)14-15-12-13-8-9-16(12)2/h4-9H,3H2,1-2H3. The second-order valence-electron chi connectivity index (χ2n) is 3.56. The highest BCUT2D eigenvalue weighted by Gasteiger charge is 1.95. The molecule has 4 heteroatoms. The van der Waals surface area contributed by atoms with E-state index in [0.717, 1.165) is 12.1 Å². The summed E-state index contributed by atoms with van der Waals surface area (Å²) >= 11 is 0. The number of nitrogens with zero attached hydrogens (tertiary/aromatic N) is 4. The monoisotopic (exact) mass is 214 g/mol. The van der Waals surface area contributed by atoms with Crippen molar-refractivity contribution in [3.05, 3.63) is 42.2 Å². The van der Waals surface area contributed by atoms with Crippen molar-refractivity contribution in [3.8, 4) is 0 Å². The first-order chi connectivity index (χ1) is 7.79. The first-order valence-corrected chi connectivity index (χ1v) is 5.27. The van der Waals surface area contributed by atoms with E-state index in [2.05, 4.69) is 34.3 Å². The van der Waals surface area contributed by atoms with Crippen LogP contribution in [0.3, 0.4) is 0 Å². The lowest BCUT2D eigenvalue weighted by Gasteiger charge is -1.96. The molecule has 2 aromatic rings. The Labute approximate surface area is 94.7 Å². The summed E-state index contributed by atoms with van der Waals surface area (Å²) in [5.41, 5.74) is 2.15. The van der Waals surface area contributed by atoms with E-state index in [1.807, 2.05) is 29.9 Å². The van der Waals surface area contributed by atoms with E-state index < -0.39 is 0 Å². The van der Waals surface area contributed by atoms with Crippen LogP contribution in [-0.2, 0) is 13.5 Å². The maximum absolute atomic E-state index is 4.13. The Morgan fingerprint density at radius 2 is 1.94 bits per heavy atom. The van der Waals surface area contributed by atoms with E-state index in [-0.39, 0.29) is 0 Å². The predicted octanol–water partition coefficient (Wildman–Crippen LogP) is 3.40. The SMILES string of the molecule is CCc1ccc(N=Nc2nccn2C)cc1. The van der Waals surface area contributed by atoms with Gasteiger partial charge in [-0.2, -0.15) is 0 Å². The predicted molar refractivity (Wildman–Crippen MR) is 63.2 cm³/mol. The Balaban J connectivity index is 2.14. The summed E-state index contributed by atoms with van der Waals surface area (Å²) in [6.45, 7) is 2.13. The van der Waals surface area contributed by atoms with Gasteiger partial charge in [-0.1, -0.05) is 19.1 Å². The third-order valence-corrected chi connectivity index (χ3v) is 2.40. The molecule has 0 aliphatic heterocycles. The zero-order valence-corrected chi connectivity index (χ0v) is 9.46. The molecule has 0 spiro atoms. The number of hydrogen-bond acceptors (Lipinski definition) is 3. The summed E-state index contributed by atoms with van der Waals surface area (Å²) in [6.07, 6.45) is 4.58. The molecule has 0 amide bonds. The number of azo groups is 1. The van der Waals surface area contributed by atoms with Crippen molar-refractivity contribution in [2.75, 3.05) is 0 Å². The van der Waals surface area contributed by atoms with Crippen LogP contribution < -0.4 is 0 Å². The highest BCUT2D eigenvalue weighted by atomic mass is 15.2. The molecular formula is C12H14N4. The molecule has 0 unspecified atom stereocenters. The van der Waals surface area contributed by atoms with Crippen molar-refractivity contribution in [2.24, 2.45) is 17.3 Å². The highest BCUT2D eigenvalue weighted by molar-refractivity contribution is 5.38. The maximum Gasteiger partial charge on any atom is 0.249 e. The lowest BCUT2D eigenvalue weighted by Crippen LogP contribution is -1.82. The largest absolute Gasteiger partial charge is 0.317 e. The molecule has 0 bridgehead atoms. The minimum Gasteiger partial charge on any atom is -0.317 e. The molecule has 1 aromatic heterocycles. The lowest BCUT2D eigenvalue weighted by atomic mass is 10.2. The Morgan fingerprint density at radius 3 is 2.50 bits per heavy atom. The third kappa shape index (κ3) is 2.34. The van der Waals surface area contributed by atoms with Crippen LogP contribution in [0.4, 0.5) is 11.6 Å². The first-order valence-electron chi connectivity index (χ1n) is 5.27. The average molecular weight is 214 g/mol. The van der Waals surface area contributed by atoms with Crippen LogP contribution in [0.1, 0.15) is 12.5 Å². The molecular weight excluding hydrogens is 200 g/mol. The van der Waals surface area contributed by atoms with E-state index in [1.165, 1.54) is 5.56 Å². The summed E-state index contributed by atoms with van der Waals surface area (Å²) in [5, 5.41) is 8.19. The molecule has 0 saturated carbocycles. The lowest BCUT2D eigenvalue weighted by molar-refractivity contribution is 0.893. The molecule has 1 heterocycles. The summed E-state index contributed by atoms with van der Waals surface area (Å²) < 4.78 is 1.82. The average Bonchev–Trinajstić information content (AvgIpc) is 2.73. The molecule has 16 heavy (non-hydrogen) atoms. The van der Waals surface area contributed by atoms with Crippen LogP contribution in [0.25, 0.3) is 0 Å². The van der Waals surface area contributed by atoms with Gasteiger partial charge in [-0.25, -0.2) is 4.98 Å². The van der Waals surface area contributed by atoms with Gasteiger partial charge in [0.15, 0.2) is 0 Å². The molecule has 0 radical (unpaired) electrons. The van der Waals surface area contributed by atoms with Crippen molar-refractivity contribution < 1.29 is 0 Å². The second kappa shape index (κ2) is 4.70. The number of imidazole rings is 1. The van der Waals surface area contributed by atoms with Crippen LogP contribution in [0.15, 0.2) is 46.9 Å². The second-order valence-corrected chi connectivity index (χ2v) is 3.56. The fraction of sp³-hybridized carbons (Fsp3) is 0.250. The molecule has 0 aliphatic carbocycles. The van der Waals surface area contributed by atoms with Crippen LogP contribution in [0.5, 0.6) is 0 Å². The van der Waals surface area contributed by atoms with Gasteiger partial charge in [0.1, 0.15) is 0 Å². The van der Waals surface area contributed by atoms with E-state index >= 15 is 0 Å². The van der Waals surface area contributed by atoms with Gasteiger partial charge < -0.3 is 4.57 Å². The number of aromatic nitrogens is 2. The summed E-state index contributed by atoms with van der Waals surface area (Å²) in [7, 11) is 1.89. The van der Waals surface area contributed by atoms with Gasteiger partial charge in [-0.05, 0) is 24.1 Å². The Bertz CT molecular complexity index is 482. The van der Waals surface area contributed by atoms with Gasteiger partial charge in [0.2, 0.25) is 5.95 Å². The molecule has 0 aliphatic rings. The Morgan fingerprint density at radius 1 is 1.19 bits per heavy atom. The molecule has 0 fully saturated rings. The number of benzene rings is 1. The zero-order valence-electron chi connectivity index (χ0n) is 9.46. The van der Waals surface area contributed by atoms with E-state index in [9.17, 15) is 0 Å². The van der Waals surface area contributed by atoms with Crippen LogP contribution >= 0.6 is 0 Å². The summed E-state index contributed by atoms with van der Waals surface area (Å²) in [4.78, 5) is 4.07. The molecule has 0 saturated heterocycles.